The smallest absolute Gasteiger partial charge is 0.0540 e. The van der Waals surface area contributed by atoms with Gasteiger partial charge in [0.05, 0.1) is 5.69 Å². The summed E-state index contributed by atoms with van der Waals surface area (Å²) in [4.78, 5) is 6.63. The fraction of sp³-hybridized carbons (Fsp3) is 0.0750. The van der Waals surface area contributed by atoms with Gasteiger partial charge in [0.25, 0.3) is 0 Å². The third-order valence-corrected chi connectivity index (χ3v) is 9.39. The Balaban J connectivity index is 1.29. The zero-order valence-electron chi connectivity index (χ0n) is 23.2. The standard InChI is InChI=1S/C40H28N2/c1-2-7-30-26-32(17-14-27(30)6-1)42(31-15-12-28(13-16-31)29-20-24-41-25-21-29)38-19-18-37-39-34(9-5-10-35(38)39)33-8-3-4-11-36(33)40(37)22-23-40/h1-21,24-26H,22-23H2. The van der Waals surface area contributed by atoms with Gasteiger partial charge in [-0.05, 0) is 105 Å². The molecule has 7 aromatic rings. The lowest BCUT2D eigenvalue weighted by atomic mass is 9.74. The molecular formula is C40H28N2. The Morgan fingerprint density at radius 2 is 1.24 bits per heavy atom. The summed E-state index contributed by atoms with van der Waals surface area (Å²) < 4.78 is 0. The first-order chi connectivity index (χ1) is 20.8. The van der Waals surface area contributed by atoms with E-state index in [0.717, 1.165) is 11.4 Å². The molecule has 1 saturated carbocycles. The van der Waals surface area contributed by atoms with Crippen LogP contribution in [0.25, 0.3) is 43.8 Å². The van der Waals surface area contributed by atoms with Gasteiger partial charge in [-0.1, -0.05) is 91.0 Å². The summed E-state index contributed by atoms with van der Waals surface area (Å²) in [7, 11) is 0. The molecule has 2 nitrogen and oxygen atoms in total. The van der Waals surface area contributed by atoms with Crippen molar-refractivity contribution < 1.29 is 0 Å². The van der Waals surface area contributed by atoms with Crippen molar-refractivity contribution in [2.24, 2.45) is 0 Å². The van der Waals surface area contributed by atoms with E-state index < -0.39 is 0 Å². The highest BCUT2D eigenvalue weighted by Gasteiger charge is 2.50. The van der Waals surface area contributed by atoms with E-state index in [-0.39, 0.29) is 5.41 Å². The van der Waals surface area contributed by atoms with Crippen molar-refractivity contribution in [2.75, 3.05) is 4.90 Å². The number of aromatic nitrogens is 1. The van der Waals surface area contributed by atoms with Gasteiger partial charge in [0.15, 0.2) is 0 Å². The average molecular weight is 537 g/mol. The molecule has 42 heavy (non-hydrogen) atoms. The summed E-state index contributed by atoms with van der Waals surface area (Å²) >= 11 is 0. The Bertz CT molecular complexity index is 2140. The van der Waals surface area contributed by atoms with Crippen molar-refractivity contribution in [3.8, 4) is 22.3 Å². The Labute approximate surface area is 245 Å². The van der Waals surface area contributed by atoms with Crippen LogP contribution in [-0.2, 0) is 5.41 Å². The van der Waals surface area contributed by atoms with Crippen LogP contribution in [0.5, 0.6) is 0 Å². The van der Waals surface area contributed by atoms with Crippen LogP contribution < -0.4 is 4.90 Å². The van der Waals surface area contributed by atoms with E-state index in [0.29, 0.717) is 0 Å². The van der Waals surface area contributed by atoms with Crippen LogP contribution in [0.1, 0.15) is 24.0 Å². The SMILES string of the molecule is c1ccc2c(c1)-c1cccc3c(N(c4ccc(-c5ccncc5)cc4)c4ccc5ccccc5c4)ccc(c13)C21CC1. The van der Waals surface area contributed by atoms with Gasteiger partial charge in [0.1, 0.15) is 0 Å². The van der Waals surface area contributed by atoms with Crippen LogP contribution in [0.4, 0.5) is 17.1 Å². The van der Waals surface area contributed by atoms with Crippen molar-refractivity contribution in [1.82, 2.24) is 4.98 Å². The van der Waals surface area contributed by atoms with Crippen LogP contribution in [0, 0.1) is 0 Å². The summed E-state index contributed by atoms with van der Waals surface area (Å²) in [5, 5.41) is 5.20. The molecule has 1 fully saturated rings. The molecule has 1 heterocycles. The highest BCUT2D eigenvalue weighted by molar-refractivity contribution is 6.10. The van der Waals surface area contributed by atoms with Crippen LogP contribution in [-0.4, -0.2) is 4.98 Å². The fourth-order valence-electron chi connectivity index (χ4n) is 7.24. The number of benzene rings is 6. The van der Waals surface area contributed by atoms with E-state index in [1.807, 2.05) is 12.4 Å². The molecular weight excluding hydrogens is 508 g/mol. The minimum atomic E-state index is 0.154. The third kappa shape index (κ3) is 3.42. The van der Waals surface area contributed by atoms with Crippen molar-refractivity contribution in [3.63, 3.8) is 0 Å². The molecule has 0 bridgehead atoms. The Kier molecular flexibility index (Phi) is 4.97. The fourth-order valence-corrected chi connectivity index (χ4v) is 7.24. The zero-order chi connectivity index (χ0) is 27.7. The third-order valence-electron chi connectivity index (χ3n) is 9.39. The first-order valence-corrected chi connectivity index (χ1v) is 14.8. The second kappa shape index (κ2) is 8.89. The summed E-state index contributed by atoms with van der Waals surface area (Å²) in [5.41, 5.74) is 11.7. The molecule has 0 amide bonds. The van der Waals surface area contributed by atoms with Gasteiger partial charge in [-0.15, -0.1) is 0 Å². The number of fused-ring (bicyclic) bond motifs is 5. The summed E-state index contributed by atoms with van der Waals surface area (Å²) in [6.07, 6.45) is 6.14. The monoisotopic (exact) mass is 536 g/mol. The van der Waals surface area contributed by atoms with Gasteiger partial charge in [-0.3, -0.25) is 4.98 Å². The van der Waals surface area contributed by atoms with Gasteiger partial charge in [0, 0.05) is 34.6 Å². The predicted octanol–water partition coefficient (Wildman–Crippen LogP) is 10.6. The summed E-state index contributed by atoms with van der Waals surface area (Å²) in [6, 6.07) is 49.2. The van der Waals surface area contributed by atoms with Crippen LogP contribution in [0.3, 0.4) is 0 Å². The molecule has 0 atom stereocenters. The normalized spacial score (nSPS) is 14.2. The lowest BCUT2D eigenvalue weighted by Gasteiger charge is -2.32. The average Bonchev–Trinajstić information content (AvgIpc) is 3.86. The number of hydrogen-bond acceptors (Lipinski definition) is 2. The summed E-state index contributed by atoms with van der Waals surface area (Å²) in [5.74, 6) is 0. The maximum atomic E-state index is 4.20. The second-order valence-corrected chi connectivity index (χ2v) is 11.6. The van der Waals surface area contributed by atoms with Gasteiger partial charge in [-0.2, -0.15) is 0 Å². The lowest BCUT2D eigenvalue weighted by molar-refractivity contribution is 0.853. The van der Waals surface area contributed by atoms with E-state index in [9.17, 15) is 0 Å². The van der Waals surface area contributed by atoms with Gasteiger partial charge in [0.2, 0.25) is 0 Å². The van der Waals surface area contributed by atoms with Gasteiger partial charge in [-0.25, -0.2) is 0 Å². The quantitative estimate of drug-likeness (QED) is 0.222. The summed E-state index contributed by atoms with van der Waals surface area (Å²) in [6.45, 7) is 0. The minimum Gasteiger partial charge on any atom is -0.310 e. The number of pyridine rings is 1. The maximum absolute atomic E-state index is 4.20. The van der Waals surface area contributed by atoms with E-state index in [2.05, 4.69) is 143 Å². The lowest BCUT2D eigenvalue weighted by Crippen LogP contribution is -2.17. The number of rotatable bonds is 4. The van der Waals surface area contributed by atoms with Gasteiger partial charge >= 0.3 is 0 Å². The first kappa shape index (κ1) is 23.5. The molecule has 9 rings (SSSR count). The van der Waals surface area contributed by atoms with E-state index >= 15 is 0 Å². The number of anilines is 3. The van der Waals surface area contributed by atoms with Crippen LogP contribution in [0.2, 0.25) is 0 Å². The Hall–Kier alpha value is -5.21. The topological polar surface area (TPSA) is 16.1 Å². The zero-order valence-corrected chi connectivity index (χ0v) is 23.2. The van der Waals surface area contributed by atoms with Crippen molar-refractivity contribution in [1.29, 1.82) is 0 Å². The molecule has 1 aromatic heterocycles. The first-order valence-electron chi connectivity index (χ1n) is 14.8. The molecule has 2 heteroatoms. The second-order valence-electron chi connectivity index (χ2n) is 11.6. The largest absolute Gasteiger partial charge is 0.310 e. The highest BCUT2D eigenvalue weighted by atomic mass is 15.1. The highest BCUT2D eigenvalue weighted by Crippen LogP contribution is 2.62. The molecule has 0 saturated heterocycles. The Morgan fingerprint density at radius 3 is 2.07 bits per heavy atom. The van der Waals surface area contributed by atoms with Crippen molar-refractivity contribution in [3.05, 3.63) is 157 Å². The molecule has 0 aliphatic heterocycles. The van der Waals surface area contributed by atoms with E-state index in [1.165, 1.54) is 73.5 Å². The molecule has 1 spiro atoms. The van der Waals surface area contributed by atoms with Crippen LogP contribution in [0.15, 0.2) is 146 Å². The Morgan fingerprint density at radius 1 is 0.524 bits per heavy atom. The molecule has 6 aromatic carbocycles. The maximum Gasteiger partial charge on any atom is 0.0540 e. The van der Waals surface area contributed by atoms with E-state index in [4.69, 9.17) is 0 Å². The number of nitrogens with zero attached hydrogens (tertiary/aromatic N) is 2. The van der Waals surface area contributed by atoms with Crippen molar-refractivity contribution >= 4 is 38.6 Å². The molecule has 198 valence electrons. The van der Waals surface area contributed by atoms with Crippen LogP contribution >= 0.6 is 0 Å². The van der Waals surface area contributed by atoms with Gasteiger partial charge < -0.3 is 4.90 Å². The number of hydrogen-bond donors (Lipinski definition) is 0. The molecule has 0 radical (unpaired) electrons. The van der Waals surface area contributed by atoms with E-state index in [1.54, 1.807) is 0 Å². The minimum absolute atomic E-state index is 0.154. The molecule has 0 unspecified atom stereocenters. The molecule has 2 aliphatic carbocycles. The molecule has 2 aliphatic rings. The predicted molar refractivity (Wildman–Crippen MR) is 175 cm³/mol. The van der Waals surface area contributed by atoms with Crippen molar-refractivity contribution in [2.45, 2.75) is 18.3 Å². The molecule has 0 N–H and O–H groups in total.